The van der Waals surface area contributed by atoms with E-state index in [4.69, 9.17) is 0 Å². The zero-order valence-corrected chi connectivity index (χ0v) is 17.9. The summed E-state index contributed by atoms with van der Waals surface area (Å²) in [6.07, 6.45) is 3.09. The maximum atomic E-state index is 12.6. The predicted molar refractivity (Wildman–Crippen MR) is 124 cm³/mol. The van der Waals surface area contributed by atoms with Gasteiger partial charge in [-0.2, -0.15) is 0 Å². The first-order valence-corrected chi connectivity index (χ1v) is 11.2. The zero-order chi connectivity index (χ0) is 22.1. The molecule has 2 saturated heterocycles. The summed E-state index contributed by atoms with van der Waals surface area (Å²) in [7, 11) is 0. The summed E-state index contributed by atoms with van der Waals surface area (Å²) in [6.45, 7) is 2.55. The van der Waals surface area contributed by atoms with Gasteiger partial charge in [-0.15, -0.1) is 0 Å². The Labute approximate surface area is 185 Å². The van der Waals surface area contributed by atoms with E-state index < -0.39 is 0 Å². The van der Waals surface area contributed by atoms with Crippen molar-refractivity contribution >= 4 is 34.2 Å². The number of para-hydroxylation sites is 2. The number of fused-ring (bicyclic) bond motifs is 1. The van der Waals surface area contributed by atoms with E-state index in [2.05, 4.69) is 15.2 Å². The Hall–Kier alpha value is -3.39. The number of likely N-dealkylation sites (tertiary alicyclic amines) is 1. The van der Waals surface area contributed by atoms with Crippen molar-refractivity contribution in [2.24, 2.45) is 0 Å². The van der Waals surface area contributed by atoms with Crippen LogP contribution in [0.2, 0.25) is 0 Å². The molecule has 0 unspecified atom stereocenters. The number of amides is 2. The standard InChI is InChI=1S/C24H27N5O3/c30-22(25-17-5-3-6-19(15-17)28-12-4-9-23(28)31)16-27-13-10-18(11-14-27)29-21-8-2-1-7-20(21)26-24(29)32/h1-3,5-8,15,18H,4,9-14,16H2,(H,25,30)(H,26,32). The highest BCUT2D eigenvalue weighted by Gasteiger charge is 2.25. The Morgan fingerprint density at radius 1 is 1.03 bits per heavy atom. The van der Waals surface area contributed by atoms with E-state index in [1.807, 2.05) is 53.1 Å². The van der Waals surface area contributed by atoms with Crippen molar-refractivity contribution in [1.29, 1.82) is 0 Å². The first-order valence-electron chi connectivity index (χ1n) is 11.2. The first kappa shape index (κ1) is 20.5. The molecule has 0 saturated carbocycles. The van der Waals surface area contributed by atoms with E-state index >= 15 is 0 Å². The van der Waals surface area contributed by atoms with Crippen LogP contribution in [0, 0.1) is 0 Å². The number of aromatic amines is 1. The molecule has 0 radical (unpaired) electrons. The van der Waals surface area contributed by atoms with Crippen LogP contribution >= 0.6 is 0 Å². The topological polar surface area (TPSA) is 90.4 Å². The van der Waals surface area contributed by atoms with Crippen molar-refractivity contribution in [3.05, 3.63) is 59.0 Å². The molecule has 0 spiro atoms. The van der Waals surface area contributed by atoms with Crippen LogP contribution in [0.1, 0.15) is 31.7 Å². The molecule has 5 rings (SSSR count). The van der Waals surface area contributed by atoms with Crippen LogP contribution in [0.25, 0.3) is 11.0 Å². The number of imidazole rings is 1. The minimum atomic E-state index is -0.0717. The number of nitrogens with zero attached hydrogens (tertiary/aromatic N) is 3. The van der Waals surface area contributed by atoms with Gasteiger partial charge in [0.1, 0.15) is 0 Å². The number of anilines is 2. The number of rotatable bonds is 5. The van der Waals surface area contributed by atoms with Gasteiger partial charge in [-0.3, -0.25) is 19.1 Å². The van der Waals surface area contributed by atoms with Gasteiger partial charge in [-0.1, -0.05) is 18.2 Å². The van der Waals surface area contributed by atoms with Gasteiger partial charge < -0.3 is 15.2 Å². The number of nitrogens with one attached hydrogen (secondary N) is 2. The number of piperidine rings is 1. The number of aromatic nitrogens is 2. The number of carbonyl (C=O) groups excluding carboxylic acids is 2. The zero-order valence-electron chi connectivity index (χ0n) is 17.9. The monoisotopic (exact) mass is 433 g/mol. The minimum absolute atomic E-state index is 0.0706. The van der Waals surface area contributed by atoms with E-state index in [0.717, 1.165) is 55.6 Å². The van der Waals surface area contributed by atoms with Gasteiger partial charge in [-0.05, 0) is 49.6 Å². The molecule has 3 aromatic rings. The molecule has 2 aliphatic heterocycles. The molecule has 0 aliphatic carbocycles. The third-order valence-electron chi connectivity index (χ3n) is 6.43. The summed E-state index contributed by atoms with van der Waals surface area (Å²) < 4.78 is 1.86. The smallest absolute Gasteiger partial charge is 0.325 e. The number of carbonyl (C=O) groups is 2. The molecule has 2 amide bonds. The molecule has 3 heterocycles. The van der Waals surface area contributed by atoms with Crippen molar-refractivity contribution in [3.63, 3.8) is 0 Å². The number of hydrogen-bond donors (Lipinski definition) is 2. The van der Waals surface area contributed by atoms with Gasteiger partial charge in [0, 0.05) is 43.5 Å². The molecule has 2 aromatic carbocycles. The van der Waals surface area contributed by atoms with Crippen LogP contribution in [0.5, 0.6) is 0 Å². The molecular formula is C24H27N5O3. The summed E-state index contributed by atoms with van der Waals surface area (Å²) >= 11 is 0. The lowest BCUT2D eigenvalue weighted by Crippen LogP contribution is -2.41. The van der Waals surface area contributed by atoms with Crippen LogP contribution in [0.15, 0.2) is 53.3 Å². The molecule has 166 valence electrons. The highest BCUT2D eigenvalue weighted by molar-refractivity contribution is 5.97. The Kier molecular flexibility index (Phi) is 5.53. The average molecular weight is 434 g/mol. The van der Waals surface area contributed by atoms with Crippen molar-refractivity contribution in [2.45, 2.75) is 31.7 Å². The molecule has 2 aliphatic rings. The van der Waals surface area contributed by atoms with Gasteiger partial charge >= 0.3 is 5.69 Å². The Morgan fingerprint density at radius 2 is 1.84 bits per heavy atom. The van der Waals surface area contributed by atoms with Gasteiger partial charge in [0.15, 0.2) is 0 Å². The molecule has 2 fully saturated rings. The van der Waals surface area contributed by atoms with E-state index in [-0.39, 0.29) is 23.5 Å². The van der Waals surface area contributed by atoms with Crippen molar-refractivity contribution in [1.82, 2.24) is 14.5 Å². The van der Waals surface area contributed by atoms with Crippen LogP contribution in [-0.4, -0.2) is 52.4 Å². The second-order valence-electron chi connectivity index (χ2n) is 8.57. The van der Waals surface area contributed by atoms with Gasteiger partial charge in [-0.25, -0.2) is 4.79 Å². The summed E-state index contributed by atoms with van der Waals surface area (Å²) in [5.74, 6) is 0.0586. The fraction of sp³-hybridized carbons (Fsp3) is 0.375. The molecule has 0 atom stereocenters. The van der Waals surface area contributed by atoms with Gasteiger partial charge in [0.25, 0.3) is 0 Å². The molecular weight excluding hydrogens is 406 g/mol. The lowest BCUT2D eigenvalue weighted by Gasteiger charge is -2.32. The molecule has 8 nitrogen and oxygen atoms in total. The summed E-state index contributed by atoms with van der Waals surface area (Å²) in [6, 6.07) is 15.3. The third-order valence-corrected chi connectivity index (χ3v) is 6.43. The number of H-pyrrole nitrogens is 1. The van der Waals surface area contributed by atoms with Crippen LogP contribution in [-0.2, 0) is 9.59 Å². The maximum Gasteiger partial charge on any atom is 0.326 e. The Balaban J connectivity index is 1.18. The highest BCUT2D eigenvalue weighted by atomic mass is 16.2. The fourth-order valence-electron chi connectivity index (χ4n) is 4.85. The van der Waals surface area contributed by atoms with E-state index in [9.17, 15) is 14.4 Å². The molecule has 1 aromatic heterocycles. The van der Waals surface area contributed by atoms with Crippen LogP contribution in [0.3, 0.4) is 0 Å². The molecule has 8 heteroatoms. The largest absolute Gasteiger partial charge is 0.326 e. The summed E-state index contributed by atoms with van der Waals surface area (Å²) in [5.41, 5.74) is 3.25. The lowest BCUT2D eigenvalue weighted by molar-refractivity contribution is -0.118. The van der Waals surface area contributed by atoms with Crippen molar-refractivity contribution < 1.29 is 9.59 Å². The van der Waals surface area contributed by atoms with Crippen molar-refractivity contribution in [3.8, 4) is 0 Å². The average Bonchev–Trinajstić information content (AvgIpc) is 3.36. The Bertz CT molecular complexity index is 1210. The van der Waals surface area contributed by atoms with Gasteiger partial charge in [0.2, 0.25) is 11.8 Å². The quantitative estimate of drug-likeness (QED) is 0.647. The number of hydrogen-bond acceptors (Lipinski definition) is 4. The third kappa shape index (κ3) is 4.05. The normalized spacial score (nSPS) is 17.9. The van der Waals surface area contributed by atoms with E-state index in [1.54, 1.807) is 4.90 Å². The highest BCUT2D eigenvalue weighted by Crippen LogP contribution is 2.26. The summed E-state index contributed by atoms with van der Waals surface area (Å²) in [4.78, 5) is 43.9. The van der Waals surface area contributed by atoms with Crippen LogP contribution < -0.4 is 15.9 Å². The van der Waals surface area contributed by atoms with E-state index in [0.29, 0.717) is 18.7 Å². The van der Waals surface area contributed by atoms with Gasteiger partial charge in [0.05, 0.1) is 17.6 Å². The molecule has 32 heavy (non-hydrogen) atoms. The first-order chi connectivity index (χ1) is 15.6. The summed E-state index contributed by atoms with van der Waals surface area (Å²) in [5, 5.41) is 2.96. The lowest BCUT2D eigenvalue weighted by atomic mass is 10.0. The minimum Gasteiger partial charge on any atom is -0.325 e. The van der Waals surface area contributed by atoms with E-state index in [1.165, 1.54) is 0 Å². The maximum absolute atomic E-state index is 12.6. The fourth-order valence-corrected chi connectivity index (χ4v) is 4.85. The van der Waals surface area contributed by atoms with Crippen LogP contribution in [0.4, 0.5) is 11.4 Å². The predicted octanol–water partition coefficient (Wildman–Crippen LogP) is 2.73. The Morgan fingerprint density at radius 3 is 2.62 bits per heavy atom. The molecule has 0 bridgehead atoms. The molecule has 2 N–H and O–H groups in total. The second kappa shape index (κ2) is 8.63. The number of benzene rings is 2. The SMILES string of the molecule is O=C(CN1CCC(n2c(=O)[nH]c3ccccc32)CC1)Nc1cccc(N2CCCC2=O)c1. The second-order valence-corrected chi connectivity index (χ2v) is 8.57. The van der Waals surface area contributed by atoms with Crippen molar-refractivity contribution in [2.75, 3.05) is 36.4 Å².